The number of hydrogen-bond acceptors (Lipinski definition) is 5. The number of carbonyl (C=O) groups excluding carboxylic acids is 1. The van der Waals surface area contributed by atoms with Crippen molar-refractivity contribution in [3.63, 3.8) is 0 Å². The number of nitriles is 1. The van der Waals surface area contributed by atoms with Crippen LogP contribution in [0.2, 0.25) is 0 Å². The number of carbonyl (C=O) groups is 1. The molecule has 1 aromatic carbocycles. The Balaban J connectivity index is 3.34. The first-order valence-corrected chi connectivity index (χ1v) is 5.39. The van der Waals surface area contributed by atoms with Crippen LogP contribution in [0.1, 0.15) is 16.7 Å². The van der Waals surface area contributed by atoms with Gasteiger partial charge >= 0.3 is 12.3 Å². The van der Waals surface area contributed by atoms with E-state index in [1.165, 1.54) is 12.1 Å². The van der Waals surface area contributed by atoms with E-state index in [4.69, 9.17) is 11.0 Å². The Labute approximate surface area is 112 Å². The zero-order valence-corrected chi connectivity index (χ0v) is 10.5. The van der Waals surface area contributed by atoms with Crippen LogP contribution in [0.15, 0.2) is 12.1 Å². The minimum Gasteiger partial charge on any atom is -0.469 e. The molecule has 0 spiro atoms. The van der Waals surface area contributed by atoms with Crippen LogP contribution < -0.4 is 10.5 Å². The lowest BCUT2D eigenvalue weighted by molar-refractivity contribution is -0.275. The van der Waals surface area contributed by atoms with Crippen LogP contribution in [0.3, 0.4) is 0 Å². The van der Waals surface area contributed by atoms with Crippen LogP contribution in [0.25, 0.3) is 0 Å². The third-order valence-electron chi connectivity index (χ3n) is 2.44. The monoisotopic (exact) mass is 288 g/mol. The van der Waals surface area contributed by atoms with Gasteiger partial charge in [-0.05, 0) is 5.56 Å². The van der Waals surface area contributed by atoms with Gasteiger partial charge in [0.2, 0.25) is 0 Å². The van der Waals surface area contributed by atoms with E-state index >= 15 is 0 Å². The van der Waals surface area contributed by atoms with Crippen molar-refractivity contribution in [3.8, 4) is 11.8 Å². The molecule has 20 heavy (non-hydrogen) atoms. The number of halogens is 3. The summed E-state index contributed by atoms with van der Waals surface area (Å²) in [5.41, 5.74) is 5.04. The fourth-order valence-corrected chi connectivity index (χ4v) is 1.56. The average molecular weight is 288 g/mol. The van der Waals surface area contributed by atoms with Crippen LogP contribution in [0, 0.1) is 11.3 Å². The zero-order chi connectivity index (χ0) is 15.3. The lowest BCUT2D eigenvalue weighted by Gasteiger charge is -2.16. The summed E-state index contributed by atoms with van der Waals surface area (Å²) >= 11 is 0. The molecule has 0 saturated carbocycles. The van der Waals surface area contributed by atoms with Gasteiger partial charge in [-0.15, -0.1) is 13.2 Å². The molecule has 0 radical (unpaired) electrons. The number of esters is 1. The first kappa shape index (κ1) is 15.8. The van der Waals surface area contributed by atoms with Gasteiger partial charge in [0.05, 0.1) is 19.1 Å². The van der Waals surface area contributed by atoms with Crippen molar-refractivity contribution in [2.24, 2.45) is 5.73 Å². The van der Waals surface area contributed by atoms with Gasteiger partial charge in [-0.25, -0.2) is 0 Å². The third kappa shape index (κ3) is 3.86. The molecule has 0 aliphatic rings. The number of methoxy groups -OCH3 is 1. The molecule has 0 atom stereocenters. The molecule has 2 N–H and O–H groups in total. The van der Waals surface area contributed by atoms with E-state index in [9.17, 15) is 18.0 Å². The third-order valence-corrected chi connectivity index (χ3v) is 2.44. The summed E-state index contributed by atoms with van der Waals surface area (Å²) in [5.74, 6) is -1.36. The Bertz CT molecular complexity index is 550. The van der Waals surface area contributed by atoms with Crippen LogP contribution in [0.4, 0.5) is 13.2 Å². The molecule has 0 aliphatic carbocycles. The summed E-state index contributed by atoms with van der Waals surface area (Å²) in [6.07, 6.45) is -5.29. The van der Waals surface area contributed by atoms with Crippen molar-refractivity contribution in [3.05, 3.63) is 28.8 Å². The summed E-state index contributed by atoms with van der Waals surface area (Å²) in [4.78, 5) is 11.2. The smallest absolute Gasteiger partial charge is 0.469 e. The average Bonchev–Trinajstić information content (AvgIpc) is 2.37. The first-order chi connectivity index (χ1) is 9.32. The van der Waals surface area contributed by atoms with Crippen LogP contribution in [0.5, 0.6) is 5.75 Å². The fraction of sp³-hybridized carbons (Fsp3) is 0.333. The summed E-state index contributed by atoms with van der Waals surface area (Å²) < 4.78 is 45.4. The maximum Gasteiger partial charge on any atom is 0.573 e. The number of nitrogens with two attached hydrogens (primary N) is 1. The van der Waals surface area contributed by atoms with Crippen molar-refractivity contribution in [1.82, 2.24) is 0 Å². The zero-order valence-electron chi connectivity index (χ0n) is 10.5. The largest absolute Gasteiger partial charge is 0.573 e. The molecule has 0 aromatic heterocycles. The highest BCUT2D eigenvalue weighted by atomic mass is 19.4. The molecule has 0 heterocycles. The highest BCUT2D eigenvalue weighted by Gasteiger charge is 2.34. The summed E-state index contributed by atoms with van der Waals surface area (Å²) in [6, 6.07) is 4.23. The Kier molecular flexibility index (Phi) is 4.94. The predicted molar refractivity (Wildman–Crippen MR) is 61.5 cm³/mol. The Morgan fingerprint density at radius 2 is 2.00 bits per heavy atom. The molecule has 0 bridgehead atoms. The standard InChI is InChI=1S/C12H11F3N2O3/c1-19-10(18)4-7-2-3-8(5-16)11(9(7)6-17)20-12(13,14)15/h2-3H,4-5,16H2,1H3. The van der Waals surface area contributed by atoms with Crippen molar-refractivity contribution in [1.29, 1.82) is 5.26 Å². The van der Waals surface area contributed by atoms with Gasteiger partial charge in [0.1, 0.15) is 6.07 Å². The van der Waals surface area contributed by atoms with Gasteiger partial charge in [-0.2, -0.15) is 5.26 Å². The molecule has 0 saturated heterocycles. The number of benzene rings is 1. The predicted octanol–water partition coefficient (Wildman–Crippen LogP) is 1.63. The van der Waals surface area contributed by atoms with Crippen LogP contribution >= 0.6 is 0 Å². The molecule has 108 valence electrons. The second kappa shape index (κ2) is 6.25. The maximum absolute atomic E-state index is 12.4. The highest BCUT2D eigenvalue weighted by Crippen LogP contribution is 2.32. The first-order valence-electron chi connectivity index (χ1n) is 5.39. The van der Waals surface area contributed by atoms with Gasteiger partial charge in [0.15, 0.2) is 5.75 Å². The van der Waals surface area contributed by atoms with E-state index in [1.54, 1.807) is 6.07 Å². The van der Waals surface area contributed by atoms with E-state index < -0.39 is 18.1 Å². The van der Waals surface area contributed by atoms with E-state index in [1.807, 2.05) is 0 Å². The molecule has 1 rings (SSSR count). The maximum atomic E-state index is 12.4. The number of hydrogen-bond donors (Lipinski definition) is 1. The van der Waals surface area contributed by atoms with E-state index in [-0.39, 0.29) is 29.7 Å². The molecule has 5 nitrogen and oxygen atoms in total. The van der Waals surface area contributed by atoms with E-state index in [0.717, 1.165) is 7.11 Å². The van der Waals surface area contributed by atoms with Crippen molar-refractivity contribution in [2.45, 2.75) is 19.3 Å². The summed E-state index contributed by atoms with van der Waals surface area (Å²) in [5, 5.41) is 9.01. The normalized spacial score (nSPS) is 10.8. The van der Waals surface area contributed by atoms with Gasteiger partial charge in [-0.3, -0.25) is 4.79 Å². The quantitative estimate of drug-likeness (QED) is 0.851. The highest BCUT2D eigenvalue weighted by molar-refractivity contribution is 5.74. The molecule has 8 heteroatoms. The fourth-order valence-electron chi connectivity index (χ4n) is 1.56. The van der Waals surface area contributed by atoms with Crippen molar-refractivity contribution < 1.29 is 27.4 Å². The van der Waals surface area contributed by atoms with Gasteiger partial charge < -0.3 is 15.2 Å². The molecule has 0 aliphatic heterocycles. The number of alkyl halides is 3. The van der Waals surface area contributed by atoms with Gasteiger partial charge in [-0.1, -0.05) is 12.1 Å². The van der Waals surface area contributed by atoms with E-state index in [0.29, 0.717) is 0 Å². The number of rotatable bonds is 4. The molecule has 0 amide bonds. The van der Waals surface area contributed by atoms with Gasteiger partial charge in [0, 0.05) is 12.1 Å². The second-order valence-electron chi connectivity index (χ2n) is 3.70. The SMILES string of the molecule is COC(=O)Cc1ccc(CN)c(OC(F)(F)F)c1C#N. The molecular formula is C12H11F3N2O3. The van der Waals surface area contributed by atoms with Crippen molar-refractivity contribution in [2.75, 3.05) is 7.11 Å². The molecule has 0 unspecified atom stereocenters. The van der Waals surface area contributed by atoms with Crippen LogP contribution in [-0.4, -0.2) is 19.4 Å². The topological polar surface area (TPSA) is 85.3 Å². The molecule has 1 aromatic rings. The minimum absolute atomic E-state index is 0.0208. The number of nitrogens with zero attached hydrogens (tertiary/aromatic N) is 1. The van der Waals surface area contributed by atoms with E-state index in [2.05, 4.69) is 9.47 Å². The van der Waals surface area contributed by atoms with Crippen molar-refractivity contribution >= 4 is 5.97 Å². The minimum atomic E-state index is -4.96. The Hall–Kier alpha value is -2.27. The Morgan fingerprint density at radius 3 is 2.45 bits per heavy atom. The Morgan fingerprint density at radius 1 is 1.40 bits per heavy atom. The van der Waals surface area contributed by atoms with Gasteiger partial charge in [0.25, 0.3) is 0 Å². The lowest BCUT2D eigenvalue weighted by atomic mass is 10.0. The molecule has 0 fully saturated rings. The summed E-state index contributed by atoms with van der Waals surface area (Å²) in [7, 11) is 1.13. The second-order valence-corrected chi connectivity index (χ2v) is 3.70. The molecular weight excluding hydrogens is 277 g/mol. The van der Waals surface area contributed by atoms with Crippen LogP contribution in [-0.2, 0) is 22.5 Å². The lowest BCUT2D eigenvalue weighted by Crippen LogP contribution is -2.20. The summed E-state index contributed by atoms with van der Waals surface area (Å²) in [6.45, 7) is -0.238. The number of ether oxygens (including phenoxy) is 2.